The van der Waals surface area contributed by atoms with Crippen LogP contribution in [0.25, 0.3) is 5.78 Å². The van der Waals surface area contributed by atoms with Crippen molar-refractivity contribution in [1.29, 1.82) is 0 Å². The Morgan fingerprint density at radius 2 is 2.27 bits per heavy atom. The fourth-order valence-corrected chi connectivity index (χ4v) is 1.10. The monoisotopic (exact) mass is 207 g/mol. The third-order valence-corrected chi connectivity index (χ3v) is 1.83. The summed E-state index contributed by atoms with van der Waals surface area (Å²) in [6, 6.07) is 1.75. The van der Waals surface area contributed by atoms with Crippen molar-refractivity contribution in [3.63, 3.8) is 0 Å². The van der Waals surface area contributed by atoms with Gasteiger partial charge in [0.25, 0.3) is 5.78 Å². The summed E-state index contributed by atoms with van der Waals surface area (Å²) in [5.41, 5.74) is 0.784. The van der Waals surface area contributed by atoms with E-state index in [9.17, 15) is 4.79 Å². The molecule has 0 fully saturated rings. The van der Waals surface area contributed by atoms with E-state index >= 15 is 0 Å². The molecule has 0 aliphatic rings. The molecule has 0 radical (unpaired) electrons. The maximum Gasteiger partial charge on any atom is 0.316 e. The molecule has 0 aromatic carbocycles. The smallest absolute Gasteiger partial charge is 0.286 e. The molecule has 0 bridgehead atoms. The van der Waals surface area contributed by atoms with Gasteiger partial charge in [-0.25, -0.2) is 14.6 Å². The Balaban J connectivity index is 2.52. The molecule has 1 amide bonds. The maximum absolute atomic E-state index is 11.3. The van der Waals surface area contributed by atoms with E-state index in [0.717, 1.165) is 5.69 Å². The van der Waals surface area contributed by atoms with E-state index in [2.05, 4.69) is 15.1 Å². The van der Waals surface area contributed by atoms with Gasteiger partial charge in [0.05, 0.1) is 0 Å². The average molecular weight is 207 g/mol. The lowest BCUT2D eigenvalue weighted by Crippen LogP contribution is -2.23. The molecule has 1 N–H and O–H groups in total. The van der Waals surface area contributed by atoms with E-state index in [4.69, 9.17) is 5.21 Å². The van der Waals surface area contributed by atoms with Gasteiger partial charge in [-0.15, -0.1) is 5.10 Å². The van der Waals surface area contributed by atoms with Crippen LogP contribution in [0, 0.1) is 6.92 Å². The van der Waals surface area contributed by atoms with Crippen molar-refractivity contribution in [2.75, 3.05) is 7.05 Å². The van der Waals surface area contributed by atoms with E-state index in [1.165, 1.54) is 11.6 Å². The molecule has 0 unspecified atom stereocenters. The number of carbonyl (C=O) groups excluding carboxylic acids is 1. The summed E-state index contributed by atoms with van der Waals surface area (Å²) < 4.78 is 1.38. The normalized spacial score (nSPS) is 10.6. The molecule has 7 heteroatoms. The number of hydrogen-bond donors (Lipinski definition) is 1. The van der Waals surface area contributed by atoms with E-state index in [1.807, 2.05) is 6.92 Å². The second-order valence-electron chi connectivity index (χ2n) is 3.08. The Morgan fingerprint density at radius 1 is 1.53 bits per heavy atom. The lowest BCUT2D eigenvalue weighted by atomic mass is 10.5. The number of amides is 1. The molecule has 2 aromatic rings. The van der Waals surface area contributed by atoms with E-state index < -0.39 is 5.91 Å². The van der Waals surface area contributed by atoms with Gasteiger partial charge >= 0.3 is 5.91 Å². The summed E-state index contributed by atoms with van der Waals surface area (Å²) in [4.78, 5) is 19.3. The van der Waals surface area contributed by atoms with Gasteiger partial charge < -0.3 is 0 Å². The molecule has 0 aliphatic heterocycles. The van der Waals surface area contributed by atoms with Crippen molar-refractivity contribution >= 4 is 11.7 Å². The number of rotatable bonds is 1. The van der Waals surface area contributed by atoms with Gasteiger partial charge in [0.2, 0.25) is 5.82 Å². The van der Waals surface area contributed by atoms with E-state index in [1.54, 1.807) is 12.3 Å². The van der Waals surface area contributed by atoms with Crippen LogP contribution in [-0.2, 0) is 0 Å². The first-order valence-electron chi connectivity index (χ1n) is 4.25. The van der Waals surface area contributed by atoms with Crippen molar-refractivity contribution in [1.82, 2.24) is 24.6 Å². The predicted molar refractivity (Wildman–Crippen MR) is 49.4 cm³/mol. The van der Waals surface area contributed by atoms with Crippen molar-refractivity contribution in [2.24, 2.45) is 0 Å². The van der Waals surface area contributed by atoms with Crippen LogP contribution in [0.15, 0.2) is 12.3 Å². The molecule has 78 valence electrons. The number of fused-ring (bicyclic) bond motifs is 1. The minimum atomic E-state index is -0.668. The van der Waals surface area contributed by atoms with Gasteiger partial charge in [0.1, 0.15) is 0 Å². The SMILES string of the molecule is Cc1ccn2nc(C(=O)N(C)O)nc2n1. The van der Waals surface area contributed by atoms with Gasteiger partial charge in [-0.2, -0.15) is 4.98 Å². The first-order chi connectivity index (χ1) is 7.08. The molecule has 15 heavy (non-hydrogen) atoms. The molecule has 0 atom stereocenters. The number of hydrogen-bond acceptors (Lipinski definition) is 5. The summed E-state index contributed by atoms with van der Waals surface area (Å²) >= 11 is 0. The van der Waals surface area contributed by atoms with E-state index in [0.29, 0.717) is 10.8 Å². The quantitative estimate of drug-likeness (QED) is 0.521. The zero-order valence-corrected chi connectivity index (χ0v) is 8.25. The van der Waals surface area contributed by atoms with Gasteiger partial charge in [-0.05, 0) is 13.0 Å². The Labute approximate surface area is 84.9 Å². The highest BCUT2D eigenvalue weighted by atomic mass is 16.5. The molecule has 2 aromatic heterocycles. The lowest BCUT2D eigenvalue weighted by Gasteiger charge is -2.02. The minimum Gasteiger partial charge on any atom is -0.286 e. The number of aromatic nitrogens is 4. The number of carbonyl (C=O) groups is 1. The minimum absolute atomic E-state index is 0.0851. The number of nitrogens with zero attached hydrogens (tertiary/aromatic N) is 5. The van der Waals surface area contributed by atoms with Crippen LogP contribution in [0.3, 0.4) is 0 Å². The Hall–Kier alpha value is -2.02. The van der Waals surface area contributed by atoms with Gasteiger partial charge in [0, 0.05) is 18.9 Å². The van der Waals surface area contributed by atoms with Crippen LogP contribution >= 0.6 is 0 Å². The molecular formula is C8H9N5O2. The highest BCUT2D eigenvalue weighted by Crippen LogP contribution is 2.01. The van der Waals surface area contributed by atoms with Crippen molar-refractivity contribution in [2.45, 2.75) is 6.92 Å². The van der Waals surface area contributed by atoms with Crippen LogP contribution in [-0.4, -0.2) is 42.8 Å². The lowest BCUT2D eigenvalue weighted by molar-refractivity contribution is -0.0384. The predicted octanol–water partition coefficient (Wildman–Crippen LogP) is -0.106. The molecule has 2 rings (SSSR count). The highest BCUT2D eigenvalue weighted by molar-refractivity contribution is 5.89. The molecule has 0 spiro atoms. The zero-order chi connectivity index (χ0) is 11.0. The van der Waals surface area contributed by atoms with Crippen LogP contribution in [0.1, 0.15) is 16.3 Å². The van der Waals surface area contributed by atoms with Crippen LogP contribution in [0.5, 0.6) is 0 Å². The van der Waals surface area contributed by atoms with Gasteiger partial charge in [-0.1, -0.05) is 0 Å². The fourth-order valence-electron chi connectivity index (χ4n) is 1.10. The zero-order valence-electron chi connectivity index (χ0n) is 8.25. The Morgan fingerprint density at radius 3 is 2.93 bits per heavy atom. The largest absolute Gasteiger partial charge is 0.316 e. The second kappa shape index (κ2) is 3.28. The molecule has 2 heterocycles. The van der Waals surface area contributed by atoms with Crippen molar-refractivity contribution < 1.29 is 10.0 Å². The molecule has 7 nitrogen and oxygen atoms in total. The number of hydroxylamine groups is 2. The Bertz CT molecular complexity index is 519. The van der Waals surface area contributed by atoms with E-state index in [-0.39, 0.29) is 5.82 Å². The van der Waals surface area contributed by atoms with Crippen LogP contribution < -0.4 is 0 Å². The first kappa shape index (κ1) is 9.53. The summed E-state index contributed by atoms with van der Waals surface area (Å²) in [7, 11) is 1.21. The first-order valence-corrected chi connectivity index (χ1v) is 4.25. The van der Waals surface area contributed by atoms with Crippen LogP contribution in [0.4, 0.5) is 0 Å². The van der Waals surface area contributed by atoms with Gasteiger partial charge in [0.15, 0.2) is 0 Å². The summed E-state index contributed by atoms with van der Waals surface area (Å²) in [5, 5.41) is 13.2. The van der Waals surface area contributed by atoms with Gasteiger partial charge in [-0.3, -0.25) is 10.0 Å². The third kappa shape index (κ3) is 1.64. The standard InChI is InChI=1S/C8H9N5O2/c1-5-3-4-13-8(9-5)10-6(11-13)7(14)12(2)15/h3-4,15H,1-2H3. The van der Waals surface area contributed by atoms with Crippen molar-refractivity contribution in [3.05, 3.63) is 23.8 Å². The van der Waals surface area contributed by atoms with Crippen LogP contribution in [0.2, 0.25) is 0 Å². The molecule has 0 saturated heterocycles. The highest BCUT2D eigenvalue weighted by Gasteiger charge is 2.16. The van der Waals surface area contributed by atoms with Crippen molar-refractivity contribution in [3.8, 4) is 0 Å². The number of aryl methyl sites for hydroxylation is 1. The molecule has 0 saturated carbocycles. The third-order valence-electron chi connectivity index (χ3n) is 1.83. The summed E-state index contributed by atoms with van der Waals surface area (Å²) in [6.07, 6.45) is 1.65. The molecular weight excluding hydrogens is 198 g/mol. The maximum atomic E-state index is 11.3. The average Bonchev–Trinajstić information content (AvgIpc) is 2.58. The Kier molecular flexibility index (Phi) is 2.09. The summed E-state index contributed by atoms with van der Waals surface area (Å²) in [5.74, 6) is -0.420. The topological polar surface area (TPSA) is 83.6 Å². The molecule has 0 aliphatic carbocycles. The fraction of sp³-hybridized carbons (Fsp3) is 0.250. The summed E-state index contributed by atoms with van der Waals surface area (Å²) in [6.45, 7) is 1.81. The second-order valence-corrected chi connectivity index (χ2v) is 3.08.